The summed E-state index contributed by atoms with van der Waals surface area (Å²) in [5.41, 5.74) is 1.85. The van der Waals surface area contributed by atoms with E-state index in [0.29, 0.717) is 13.0 Å². The molecular weight excluding hydrogens is 318 g/mol. The van der Waals surface area contributed by atoms with Gasteiger partial charge in [0.15, 0.2) is 5.82 Å². The summed E-state index contributed by atoms with van der Waals surface area (Å²) in [6, 6.07) is 7.17. The van der Waals surface area contributed by atoms with Gasteiger partial charge < -0.3 is 9.88 Å². The van der Waals surface area contributed by atoms with Crippen molar-refractivity contribution in [2.75, 3.05) is 4.90 Å². The summed E-state index contributed by atoms with van der Waals surface area (Å²) in [6.45, 7) is 2.74. The molecule has 0 saturated heterocycles. The van der Waals surface area contributed by atoms with E-state index in [2.05, 4.69) is 20.1 Å². The molecule has 0 saturated carbocycles. The van der Waals surface area contributed by atoms with Gasteiger partial charge in [-0.3, -0.25) is 14.5 Å². The van der Waals surface area contributed by atoms with E-state index in [-0.39, 0.29) is 11.8 Å². The van der Waals surface area contributed by atoms with E-state index >= 15 is 0 Å². The van der Waals surface area contributed by atoms with Gasteiger partial charge in [-0.05, 0) is 24.5 Å². The number of carbonyl (C=O) groups excluding carboxylic acids is 2. The lowest BCUT2D eigenvalue weighted by Crippen LogP contribution is -2.47. The van der Waals surface area contributed by atoms with Crippen molar-refractivity contribution < 1.29 is 9.59 Å². The van der Waals surface area contributed by atoms with Gasteiger partial charge in [0.05, 0.1) is 6.54 Å². The molecule has 25 heavy (non-hydrogen) atoms. The molecule has 2 aliphatic heterocycles. The van der Waals surface area contributed by atoms with Gasteiger partial charge in [-0.25, -0.2) is 0 Å². The van der Waals surface area contributed by atoms with E-state index in [9.17, 15) is 9.59 Å². The lowest BCUT2D eigenvalue weighted by molar-refractivity contribution is -0.125. The summed E-state index contributed by atoms with van der Waals surface area (Å²) in [7, 11) is 0. The maximum Gasteiger partial charge on any atom is 0.243 e. The van der Waals surface area contributed by atoms with Gasteiger partial charge in [0.2, 0.25) is 11.8 Å². The predicted octanol–water partition coefficient (Wildman–Crippen LogP) is 1.21. The Hall–Kier alpha value is -2.70. The van der Waals surface area contributed by atoms with E-state index in [0.717, 1.165) is 48.7 Å². The summed E-state index contributed by atoms with van der Waals surface area (Å²) in [5, 5.41) is 11.4. The minimum absolute atomic E-state index is 0.120. The largest absolute Gasteiger partial charge is 0.347 e. The molecule has 130 valence electrons. The monoisotopic (exact) mass is 339 g/mol. The molecule has 4 rings (SSSR count). The topological polar surface area (TPSA) is 80.1 Å². The summed E-state index contributed by atoms with van der Waals surface area (Å²) < 4.78 is 2.09. The molecule has 2 amide bonds. The fourth-order valence-corrected chi connectivity index (χ4v) is 3.77. The predicted molar refractivity (Wildman–Crippen MR) is 91.9 cm³/mol. The molecule has 0 aliphatic carbocycles. The first-order valence-electron chi connectivity index (χ1n) is 8.71. The third-order valence-electron chi connectivity index (χ3n) is 4.97. The van der Waals surface area contributed by atoms with Crippen LogP contribution >= 0.6 is 0 Å². The normalized spacial score (nSPS) is 18.6. The first kappa shape index (κ1) is 15.8. The number of fused-ring (bicyclic) bond motifs is 2. The Bertz CT molecular complexity index is 829. The number of benzene rings is 1. The van der Waals surface area contributed by atoms with Crippen LogP contribution in [0.1, 0.15) is 37.0 Å². The molecule has 7 heteroatoms. The van der Waals surface area contributed by atoms with E-state index < -0.39 is 6.04 Å². The van der Waals surface area contributed by atoms with Crippen molar-refractivity contribution in [1.29, 1.82) is 0 Å². The van der Waals surface area contributed by atoms with Gasteiger partial charge in [-0.1, -0.05) is 18.2 Å². The maximum atomic E-state index is 12.7. The first-order chi connectivity index (χ1) is 12.1. The van der Waals surface area contributed by atoms with Gasteiger partial charge in [0.25, 0.3) is 0 Å². The maximum absolute atomic E-state index is 12.7. The third kappa shape index (κ3) is 2.79. The lowest BCUT2D eigenvalue weighted by atomic mass is 10.1. The molecule has 2 aliphatic rings. The van der Waals surface area contributed by atoms with Crippen molar-refractivity contribution in [1.82, 2.24) is 20.1 Å². The van der Waals surface area contributed by atoms with Crippen LogP contribution in [0.4, 0.5) is 5.69 Å². The van der Waals surface area contributed by atoms with Crippen LogP contribution in [0.3, 0.4) is 0 Å². The zero-order valence-electron chi connectivity index (χ0n) is 14.2. The van der Waals surface area contributed by atoms with E-state index in [1.807, 2.05) is 24.3 Å². The van der Waals surface area contributed by atoms with Crippen LogP contribution in [0.15, 0.2) is 24.3 Å². The van der Waals surface area contributed by atoms with Gasteiger partial charge in [-0.15, -0.1) is 10.2 Å². The number of hydrogen-bond acceptors (Lipinski definition) is 4. The Morgan fingerprint density at radius 3 is 2.92 bits per heavy atom. The number of nitrogens with one attached hydrogen (secondary N) is 1. The average molecular weight is 339 g/mol. The van der Waals surface area contributed by atoms with E-state index in [4.69, 9.17) is 0 Å². The van der Waals surface area contributed by atoms with Crippen LogP contribution in [0, 0.1) is 0 Å². The number of hydrogen-bond donors (Lipinski definition) is 1. The molecule has 7 nitrogen and oxygen atoms in total. The molecule has 1 aromatic heterocycles. The second-order valence-corrected chi connectivity index (χ2v) is 6.60. The van der Waals surface area contributed by atoms with Crippen LogP contribution < -0.4 is 10.2 Å². The highest BCUT2D eigenvalue weighted by Crippen LogP contribution is 2.32. The number of amides is 2. The number of aromatic nitrogens is 3. The Labute approximate surface area is 146 Å². The molecule has 2 aromatic rings. The van der Waals surface area contributed by atoms with Crippen molar-refractivity contribution in [2.45, 2.75) is 51.7 Å². The number of para-hydroxylation sites is 1. The number of nitrogens with zero attached hydrogens (tertiary/aromatic N) is 4. The fraction of sp³-hybridized carbons (Fsp3) is 0.444. The SMILES string of the molecule is CC(=O)N1c2ccccc2C[C@H]1C(=O)NCc1nnc2n1CCCC2. The molecule has 0 fully saturated rings. The minimum Gasteiger partial charge on any atom is -0.347 e. The summed E-state index contributed by atoms with van der Waals surface area (Å²) in [5.74, 6) is 1.51. The molecule has 1 atom stereocenters. The molecule has 1 aromatic carbocycles. The molecule has 0 unspecified atom stereocenters. The highest BCUT2D eigenvalue weighted by atomic mass is 16.2. The summed E-state index contributed by atoms with van der Waals surface area (Å²) in [4.78, 5) is 26.4. The molecule has 1 N–H and O–H groups in total. The van der Waals surface area contributed by atoms with Gasteiger partial charge in [-0.2, -0.15) is 0 Å². The number of carbonyl (C=O) groups is 2. The van der Waals surface area contributed by atoms with Crippen molar-refractivity contribution >= 4 is 17.5 Å². The number of anilines is 1. The van der Waals surface area contributed by atoms with E-state index in [1.54, 1.807) is 4.90 Å². The fourth-order valence-electron chi connectivity index (χ4n) is 3.77. The van der Waals surface area contributed by atoms with Crippen LogP contribution in [0.2, 0.25) is 0 Å². The van der Waals surface area contributed by atoms with E-state index in [1.165, 1.54) is 6.92 Å². The van der Waals surface area contributed by atoms with Crippen LogP contribution in [0.25, 0.3) is 0 Å². The minimum atomic E-state index is -0.501. The third-order valence-corrected chi connectivity index (χ3v) is 4.97. The van der Waals surface area contributed by atoms with Gasteiger partial charge in [0.1, 0.15) is 11.9 Å². The quantitative estimate of drug-likeness (QED) is 0.911. The van der Waals surface area contributed by atoms with Crippen LogP contribution in [-0.4, -0.2) is 32.6 Å². The molecule has 0 spiro atoms. The van der Waals surface area contributed by atoms with Crippen molar-refractivity contribution in [2.24, 2.45) is 0 Å². The summed E-state index contributed by atoms with van der Waals surface area (Å²) >= 11 is 0. The second kappa shape index (κ2) is 6.31. The molecular formula is C18H21N5O2. The van der Waals surface area contributed by atoms with Crippen molar-refractivity contribution in [3.63, 3.8) is 0 Å². The standard InChI is InChI=1S/C18H21N5O2/c1-12(24)23-14-7-3-2-6-13(14)10-15(23)18(25)19-11-17-21-20-16-8-4-5-9-22(16)17/h2-3,6-7,15H,4-5,8-11H2,1H3,(H,19,25)/t15-/m0/s1. The Morgan fingerprint density at radius 2 is 2.08 bits per heavy atom. The first-order valence-corrected chi connectivity index (χ1v) is 8.71. The number of aryl methyl sites for hydroxylation is 1. The Morgan fingerprint density at radius 1 is 1.24 bits per heavy atom. The molecule has 0 bridgehead atoms. The Balaban J connectivity index is 1.48. The summed E-state index contributed by atoms with van der Waals surface area (Å²) in [6.07, 6.45) is 3.73. The molecule has 3 heterocycles. The van der Waals surface area contributed by atoms with Crippen LogP contribution in [-0.2, 0) is 35.5 Å². The lowest BCUT2D eigenvalue weighted by Gasteiger charge is -2.23. The zero-order valence-corrected chi connectivity index (χ0v) is 14.2. The second-order valence-electron chi connectivity index (χ2n) is 6.60. The zero-order chi connectivity index (χ0) is 17.4. The van der Waals surface area contributed by atoms with Gasteiger partial charge >= 0.3 is 0 Å². The highest BCUT2D eigenvalue weighted by Gasteiger charge is 2.36. The molecule has 0 radical (unpaired) electrons. The Kier molecular flexibility index (Phi) is 3.99. The smallest absolute Gasteiger partial charge is 0.243 e. The highest BCUT2D eigenvalue weighted by molar-refractivity contribution is 6.02. The van der Waals surface area contributed by atoms with Crippen molar-refractivity contribution in [3.05, 3.63) is 41.5 Å². The number of rotatable bonds is 3. The van der Waals surface area contributed by atoms with Crippen molar-refractivity contribution in [3.8, 4) is 0 Å². The van der Waals surface area contributed by atoms with Gasteiger partial charge in [0, 0.05) is 32.0 Å². The van der Waals surface area contributed by atoms with Crippen LogP contribution in [0.5, 0.6) is 0 Å². The average Bonchev–Trinajstić information content (AvgIpc) is 3.21.